The van der Waals surface area contributed by atoms with Crippen LogP contribution >= 0.6 is 0 Å². The van der Waals surface area contributed by atoms with Crippen molar-refractivity contribution in [1.82, 2.24) is 15.0 Å². The Kier molecular flexibility index (Phi) is 6.44. The van der Waals surface area contributed by atoms with E-state index in [-0.39, 0.29) is 0 Å². The van der Waals surface area contributed by atoms with Gasteiger partial charge in [0.15, 0.2) is 5.82 Å². The normalized spacial score (nSPS) is 11.1. The van der Waals surface area contributed by atoms with Crippen molar-refractivity contribution in [3.8, 4) is 62.4 Å². The third kappa shape index (κ3) is 4.91. The Morgan fingerprint density at radius 2 is 1.20 bits per heavy atom. The summed E-state index contributed by atoms with van der Waals surface area (Å²) in [5, 5.41) is 11.5. The Bertz CT molecular complexity index is 2390. The smallest absolute Gasteiger partial charge is 0.162 e. The van der Waals surface area contributed by atoms with Crippen molar-refractivity contribution in [2.75, 3.05) is 0 Å². The number of pyridine rings is 1. The lowest BCUT2D eigenvalue weighted by molar-refractivity contribution is 0.669. The molecule has 0 bridgehead atoms. The van der Waals surface area contributed by atoms with E-state index in [1.54, 1.807) is 6.20 Å². The van der Waals surface area contributed by atoms with Gasteiger partial charge in [0.1, 0.15) is 11.2 Å². The van der Waals surface area contributed by atoms with Crippen LogP contribution in [0.2, 0.25) is 0 Å². The van der Waals surface area contributed by atoms with Crippen molar-refractivity contribution >= 4 is 21.9 Å². The molecule has 0 unspecified atom stereocenters. The Labute approximate surface area is 259 Å². The van der Waals surface area contributed by atoms with E-state index in [0.29, 0.717) is 11.4 Å². The summed E-state index contributed by atoms with van der Waals surface area (Å²) in [5.74, 6) is 0.595. The number of para-hydroxylation sites is 1. The molecule has 5 heteroatoms. The number of rotatable bonds is 5. The maximum absolute atomic E-state index is 9.34. The molecule has 3 heterocycles. The number of fused-ring (bicyclic) bond motifs is 3. The second kappa shape index (κ2) is 11.0. The van der Waals surface area contributed by atoms with E-state index in [1.807, 2.05) is 91.0 Å². The molecule has 8 aromatic rings. The average molecular weight is 577 g/mol. The summed E-state index contributed by atoms with van der Waals surface area (Å²) in [6.07, 6.45) is 1.80. The maximum atomic E-state index is 9.34. The van der Waals surface area contributed by atoms with Gasteiger partial charge in [-0.05, 0) is 65.7 Å². The molecule has 0 aliphatic carbocycles. The fourth-order valence-electron chi connectivity index (χ4n) is 5.76. The van der Waals surface area contributed by atoms with Crippen molar-refractivity contribution in [2.24, 2.45) is 0 Å². The topological polar surface area (TPSA) is 75.6 Å². The van der Waals surface area contributed by atoms with E-state index in [2.05, 4.69) is 54.6 Å². The molecule has 0 N–H and O–H groups in total. The van der Waals surface area contributed by atoms with Gasteiger partial charge in [-0.25, -0.2) is 9.97 Å². The molecule has 0 spiro atoms. The largest absolute Gasteiger partial charge is 0.456 e. The Hall–Kier alpha value is -6.38. The lowest BCUT2D eigenvalue weighted by Gasteiger charge is -2.12. The third-order valence-electron chi connectivity index (χ3n) is 8.00. The highest BCUT2D eigenvalue weighted by atomic mass is 16.3. The van der Waals surface area contributed by atoms with E-state index >= 15 is 0 Å². The number of benzene rings is 5. The molecule has 0 aliphatic heterocycles. The SMILES string of the molecule is N#Cc1cccc(-c2ccc(-c3cc(-c4ccccc4)nc(-c4cccnc4-c4ccc5oc6ccccc6c5c4)n3)cc2)c1. The Morgan fingerprint density at radius 3 is 2.02 bits per heavy atom. The van der Waals surface area contributed by atoms with Crippen LogP contribution in [0.3, 0.4) is 0 Å². The first kappa shape index (κ1) is 26.3. The monoisotopic (exact) mass is 576 g/mol. The first-order valence-corrected chi connectivity index (χ1v) is 14.7. The fourth-order valence-corrected chi connectivity index (χ4v) is 5.76. The van der Waals surface area contributed by atoms with Gasteiger partial charge in [0.25, 0.3) is 0 Å². The lowest BCUT2D eigenvalue weighted by atomic mass is 10.00. The number of nitrogens with zero attached hydrogens (tertiary/aromatic N) is 4. The summed E-state index contributed by atoms with van der Waals surface area (Å²) in [5.41, 5.74) is 10.6. The second-order valence-corrected chi connectivity index (χ2v) is 10.8. The minimum absolute atomic E-state index is 0.595. The van der Waals surface area contributed by atoms with Crippen LogP contribution < -0.4 is 0 Å². The van der Waals surface area contributed by atoms with Crippen LogP contribution in [0.1, 0.15) is 5.56 Å². The van der Waals surface area contributed by atoms with Gasteiger partial charge < -0.3 is 4.42 Å². The van der Waals surface area contributed by atoms with Crippen molar-refractivity contribution in [3.63, 3.8) is 0 Å². The average Bonchev–Trinajstić information content (AvgIpc) is 3.50. The molecule has 0 saturated heterocycles. The highest BCUT2D eigenvalue weighted by Crippen LogP contribution is 2.36. The quantitative estimate of drug-likeness (QED) is 0.204. The van der Waals surface area contributed by atoms with Crippen LogP contribution in [0, 0.1) is 11.3 Å². The van der Waals surface area contributed by atoms with Gasteiger partial charge in [0, 0.05) is 39.2 Å². The fraction of sp³-hybridized carbons (Fsp3) is 0. The van der Waals surface area contributed by atoms with Gasteiger partial charge in [-0.1, -0.05) is 84.9 Å². The first-order chi connectivity index (χ1) is 22.2. The summed E-state index contributed by atoms with van der Waals surface area (Å²) in [7, 11) is 0. The van der Waals surface area contributed by atoms with Crippen molar-refractivity contribution < 1.29 is 4.42 Å². The maximum Gasteiger partial charge on any atom is 0.162 e. The van der Waals surface area contributed by atoms with Crippen molar-refractivity contribution in [1.29, 1.82) is 5.26 Å². The summed E-state index contributed by atoms with van der Waals surface area (Å²) >= 11 is 0. The molecule has 0 atom stereocenters. The minimum atomic E-state index is 0.595. The van der Waals surface area contributed by atoms with Crippen LogP contribution in [0.25, 0.3) is 78.2 Å². The van der Waals surface area contributed by atoms with Crippen molar-refractivity contribution in [3.05, 3.63) is 151 Å². The number of aromatic nitrogens is 3. The molecule has 3 aromatic heterocycles. The van der Waals surface area contributed by atoms with Gasteiger partial charge in [-0.2, -0.15) is 5.26 Å². The van der Waals surface area contributed by atoms with E-state index in [9.17, 15) is 5.26 Å². The van der Waals surface area contributed by atoms with Crippen LogP contribution in [-0.2, 0) is 0 Å². The third-order valence-corrected chi connectivity index (χ3v) is 8.00. The molecule has 210 valence electrons. The molecular weight excluding hydrogens is 552 g/mol. The minimum Gasteiger partial charge on any atom is -0.456 e. The molecule has 5 nitrogen and oxygen atoms in total. The summed E-state index contributed by atoms with van der Waals surface area (Å²) in [6, 6.07) is 48.5. The number of hydrogen-bond acceptors (Lipinski definition) is 5. The van der Waals surface area contributed by atoms with E-state index in [1.165, 1.54) is 0 Å². The molecular formula is C40H24N4O. The molecule has 0 amide bonds. The number of furan rings is 1. The molecule has 0 saturated carbocycles. The van der Waals surface area contributed by atoms with Gasteiger partial charge in [0.05, 0.1) is 28.7 Å². The van der Waals surface area contributed by atoms with Gasteiger partial charge in [-0.15, -0.1) is 0 Å². The van der Waals surface area contributed by atoms with Crippen molar-refractivity contribution in [2.45, 2.75) is 0 Å². The molecule has 5 aromatic carbocycles. The molecule has 0 radical (unpaired) electrons. The van der Waals surface area contributed by atoms with E-state index < -0.39 is 0 Å². The zero-order valence-electron chi connectivity index (χ0n) is 24.1. The van der Waals surface area contributed by atoms with E-state index in [0.717, 1.165) is 72.4 Å². The van der Waals surface area contributed by atoms with Crippen LogP contribution in [0.5, 0.6) is 0 Å². The number of hydrogen-bond donors (Lipinski definition) is 0. The van der Waals surface area contributed by atoms with Crippen LogP contribution in [0.4, 0.5) is 0 Å². The van der Waals surface area contributed by atoms with Gasteiger partial charge in [0.2, 0.25) is 0 Å². The number of nitriles is 1. The predicted molar refractivity (Wildman–Crippen MR) is 179 cm³/mol. The van der Waals surface area contributed by atoms with E-state index in [4.69, 9.17) is 19.4 Å². The summed E-state index contributed by atoms with van der Waals surface area (Å²) < 4.78 is 6.08. The zero-order valence-corrected chi connectivity index (χ0v) is 24.1. The Morgan fingerprint density at radius 1 is 0.511 bits per heavy atom. The summed E-state index contributed by atoms with van der Waals surface area (Å²) in [6.45, 7) is 0. The summed E-state index contributed by atoms with van der Waals surface area (Å²) in [4.78, 5) is 15.0. The second-order valence-electron chi connectivity index (χ2n) is 10.8. The molecule has 0 fully saturated rings. The predicted octanol–water partition coefficient (Wildman–Crippen LogP) is 9.98. The van der Waals surface area contributed by atoms with Crippen LogP contribution in [-0.4, -0.2) is 15.0 Å². The highest BCUT2D eigenvalue weighted by molar-refractivity contribution is 6.06. The van der Waals surface area contributed by atoms with Gasteiger partial charge in [-0.3, -0.25) is 4.98 Å². The van der Waals surface area contributed by atoms with Crippen LogP contribution in [0.15, 0.2) is 150 Å². The standard InChI is InChI=1S/C40H24N4O/c41-25-26-8-6-11-30(22-26)27-15-17-29(18-16-27)36-24-35(28-9-2-1-3-10-28)43-40(44-36)33-13-7-21-42-39(33)31-19-20-38-34(23-31)32-12-4-5-14-37(32)45-38/h1-24H. The molecule has 0 aliphatic rings. The zero-order chi connectivity index (χ0) is 30.2. The first-order valence-electron chi connectivity index (χ1n) is 14.7. The van der Waals surface area contributed by atoms with Gasteiger partial charge >= 0.3 is 0 Å². The lowest BCUT2D eigenvalue weighted by Crippen LogP contribution is -1.98. The highest BCUT2D eigenvalue weighted by Gasteiger charge is 2.17. The Balaban J connectivity index is 1.26. The molecule has 45 heavy (non-hydrogen) atoms. The molecule has 8 rings (SSSR count).